The molecule has 0 unspecified atom stereocenters. The van der Waals surface area contributed by atoms with Crippen molar-refractivity contribution in [1.82, 2.24) is 9.29 Å². The Morgan fingerprint density at radius 1 is 0.776 bits per heavy atom. The molecule has 6 aromatic rings. The Morgan fingerprint density at radius 3 is 1.98 bits per heavy atom. The maximum absolute atomic E-state index is 13.7. The smallest absolute Gasteiger partial charge is 0.335 e. The number of halogens is 1. The maximum Gasteiger partial charge on any atom is 0.335 e. The molecule has 0 atom stereocenters. The Hall–Kier alpha value is -4.69. The first-order chi connectivity index (χ1) is 23.6. The molecule has 0 aliphatic carbocycles. The van der Waals surface area contributed by atoms with Crippen molar-refractivity contribution in [3.8, 4) is 0 Å². The Labute approximate surface area is 293 Å². The van der Waals surface area contributed by atoms with Crippen LogP contribution in [0.2, 0.25) is 5.02 Å². The van der Waals surface area contributed by atoms with Gasteiger partial charge in [0.15, 0.2) is 0 Å². The van der Waals surface area contributed by atoms with Crippen LogP contribution in [0.4, 0.5) is 0 Å². The molecule has 8 heteroatoms. The van der Waals surface area contributed by atoms with Gasteiger partial charge in [-0.3, -0.25) is 0 Å². The van der Waals surface area contributed by atoms with Gasteiger partial charge in [-0.15, -0.1) is 0 Å². The van der Waals surface area contributed by atoms with Crippen LogP contribution in [0, 0.1) is 13.8 Å². The van der Waals surface area contributed by atoms with Crippen molar-refractivity contribution in [2.45, 2.75) is 50.5 Å². The summed E-state index contributed by atoms with van der Waals surface area (Å²) in [6.07, 6.45) is 2.74. The molecule has 1 heterocycles. The average Bonchev–Trinajstić information content (AvgIpc) is 3.37. The number of nitrogens with one attached hydrogen (secondary N) is 1. The first-order valence-corrected chi connectivity index (χ1v) is 18.3. The number of aryl methyl sites for hydroxylation is 4. The molecule has 0 radical (unpaired) electrons. The van der Waals surface area contributed by atoms with E-state index in [2.05, 4.69) is 39.6 Å². The topological polar surface area (TPSA) is 88.4 Å². The summed E-state index contributed by atoms with van der Waals surface area (Å²) in [5.74, 6) is -0.944. The molecule has 0 aliphatic rings. The second kappa shape index (κ2) is 14.8. The van der Waals surface area contributed by atoms with Crippen molar-refractivity contribution in [2.24, 2.45) is 0 Å². The van der Waals surface area contributed by atoms with Crippen LogP contribution in [0.5, 0.6) is 0 Å². The van der Waals surface area contributed by atoms with Crippen molar-refractivity contribution in [3.05, 3.63) is 171 Å². The molecule has 6 rings (SSSR count). The molecule has 0 aliphatic heterocycles. The highest BCUT2D eigenvalue weighted by atomic mass is 35.5. The number of benzene rings is 5. The van der Waals surface area contributed by atoms with Crippen LogP contribution >= 0.6 is 11.6 Å². The Bertz CT molecular complexity index is 2140. The van der Waals surface area contributed by atoms with Crippen LogP contribution in [-0.4, -0.2) is 30.6 Å². The highest BCUT2D eigenvalue weighted by Crippen LogP contribution is 2.38. The molecule has 0 fully saturated rings. The van der Waals surface area contributed by atoms with Crippen LogP contribution in [0.25, 0.3) is 10.9 Å². The zero-order chi connectivity index (χ0) is 34.5. The summed E-state index contributed by atoms with van der Waals surface area (Å²) in [7, 11) is -3.76. The number of carboxylic acids is 1. The van der Waals surface area contributed by atoms with Gasteiger partial charge in [-0.1, -0.05) is 103 Å². The fourth-order valence-electron chi connectivity index (χ4n) is 6.90. The molecule has 0 bridgehead atoms. The quantitative estimate of drug-likeness (QED) is 0.127. The van der Waals surface area contributed by atoms with Gasteiger partial charge in [-0.2, -0.15) is 0 Å². The van der Waals surface area contributed by atoms with E-state index in [0.717, 1.165) is 58.1 Å². The lowest BCUT2D eigenvalue weighted by atomic mass is 9.97. The lowest BCUT2D eigenvalue weighted by Crippen LogP contribution is -2.28. The van der Waals surface area contributed by atoms with Crippen LogP contribution in [-0.2, 0) is 29.3 Å². The SMILES string of the molecule is Cc1cccc(C)c1S(=O)(=O)NCCc1c(CCCc2ccc(C(=O)O)cc2)c2cc(Cl)ccc2n1C(c1ccccc1)c1ccccc1. The average molecular weight is 691 g/mol. The van der Waals surface area contributed by atoms with Gasteiger partial charge in [-0.25, -0.2) is 17.9 Å². The third-order valence-electron chi connectivity index (χ3n) is 9.10. The van der Waals surface area contributed by atoms with E-state index >= 15 is 0 Å². The van der Waals surface area contributed by atoms with E-state index in [9.17, 15) is 18.3 Å². The van der Waals surface area contributed by atoms with E-state index in [0.29, 0.717) is 27.5 Å². The minimum atomic E-state index is -3.76. The lowest BCUT2D eigenvalue weighted by molar-refractivity contribution is 0.0697. The van der Waals surface area contributed by atoms with E-state index in [1.165, 1.54) is 0 Å². The molecule has 6 nitrogen and oxygen atoms in total. The molecule has 0 spiro atoms. The van der Waals surface area contributed by atoms with Gasteiger partial charge in [0.05, 0.1) is 16.5 Å². The Kier molecular flexibility index (Phi) is 10.3. The van der Waals surface area contributed by atoms with Gasteiger partial charge in [0.1, 0.15) is 0 Å². The van der Waals surface area contributed by atoms with Gasteiger partial charge >= 0.3 is 5.97 Å². The van der Waals surface area contributed by atoms with Crippen molar-refractivity contribution < 1.29 is 18.3 Å². The molecule has 2 N–H and O–H groups in total. The highest BCUT2D eigenvalue weighted by molar-refractivity contribution is 7.89. The van der Waals surface area contributed by atoms with E-state index in [4.69, 9.17) is 11.6 Å². The monoisotopic (exact) mass is 690 g/mol. The number of carbonyl (C=O) groups is 1. The summed E-state index contributed by atoms with van der Waals surface area (Å²) in [6, 6.07) is 39.1. The van der Waals surface area contributed by atoms with E-state index < -0.39 is 16.0 Å². The van der Waals surface area contributed by atoms with Gasteiger partial charge in [0.25, 0.3) is 0 Å². The largest absolute Gasteiger partial charge is 0.478 e. The number of hydrogen-bond acceptors (Lipinski definition) is 3. The number of sulfonamides is 1. The number of rotatable bonds is 13. The summed E-state index contributed by atoms with van der Waals surface area (Å²) in [6.45, 7) is 3.85. The number of nitrogens with zero attached hydrogens (tertiary/aromatic N) is 1. The summed E-state index contributed by atoms with van der Waals surface area (Å²) in [4.78, 5) is 11.7. The number of aromatic carboxylic acids is 1. The van der Waals surface area contributed by atoms with Gasteiger partial charge in [0, 0.05) is 34.6 Å². The van der Waals surface area contributed by atoms with Crippen LogP contribution in [0.15, 0.2) is 126 Å². The summed E-state index contributed by atoms with van der Waals surface area (Å²) in [5, 5.41) is 11.0. The van der Waals surface area contributed by atoms with Crippen LogP contribution in [0.3, 0.4) is 0 Å². The zero-order valence-corrected chi connectivity index (χ0v) is 29.1. The molecule has 1 aromatic heterocycles. The normalized spacial score (nSPS) is 11.8. The van der Waals surface area contributed by atoms with Gasteiger partial charge in [-0.05, 0) is 96.8 Å². The molecular formula is C41H39ClN2O4S. The van der Waals surface area contributed by atoms with E-state index in [1.54, 1.807) is 12.1 Å². The van der Waals surface area contributed by atoms with Crippen molar-refractivity contribution >= 4 is 38.5 Å². The van der Waals surface area contributed by atoms with Crippen molar-refractivity contribution in [3.63, 3.8) is 0 Å². The van der Waals surface area contributed by atoms with E-state index in [1.807, 2.05) is 92.7 Å². The molecule has 5 aromatic carbocycles. The van der Waals surface area contributed by atoms with E-state index in [-0.39, 0.29) is 18.2 Å². The number of carboxylic acid groups (broad SMARTS) is 1. The fourth-order valence-corrected chi connectivity index (χ4v) is 8.57. The van der Waals surface area contributed by atoms with Gasteiger partial charge in [0.2, 0.25) is 10.0 Å². The zero-order valence-electron chi connectivity index (χ0n) is 27.6. The standard InChI is InChI=1S/C41H39ClN2O4S/c1-28-11-9-12-29(2)40(28)49(47,48)43-26-25-38-35(18-10-13-30-19-21-33(22-20-30)41(45)46)36-27-34(42)23-24-37(36)44(38)39(31-14-5-3-6-15-31)32-16-7-4-8-17-32/h3-9,11-12,14-17,19-24,27,39,43H,10,13,18,25-26H2,1-2H3,(H,45,46). The highest BCUT2D eigenvalue weighted by Gasteiger charge is 2.26. The lowest BCUT2D eigenvalue weighted by Gasteiger charge is -2.25. The minimum absolute atomic E-state index is 0.173. The molecular weight excluding hydrogens is 652 g/mol. The van der Waals surface area contributed by atoms with Crippen LogP contribution < -0.4 is 4.72 Å². The maximum atomic E-state index is 13.7. The minimum Gasteiger partial charge on any atom is -0.478 e. The van der Waals surface area contributed by atoms with Crippen LogP contribution in [0.1, 0.15) is 61.9 Å². The first-order valence-electron chi connectivity index (χ1n) is 16.4. The number of aromatic nitrogens is 1. The summed E-state index contributed by atoms with van der Waals surface area (Å²) < 4.78 is 32.6. The number of hydrogen-bond donors (Lipinski definition) is 2. The second-order valence-corrected chi connectivity index (χ2v) is 14.5. The molecule has 49 heavy (non-hydrogen) atoms. The molecule has 0 saturated heterocycles. The molecule has 250 valence electrons. The Morgan fingerprint density at radius 2 is 1.39 bits per heavy atom. The molecule has 0 amide bonds. The fraction of sp³-hybridized carbons (Fsp3) is 0.195. The van der Waals surface area contributed by atoms with Crippen molar-refractivity contribution in [2.75, 3.05) is 6.54 Å². The number of fused-ring (bicyclic) bond motifs is 1. The second-order valence-electron chi connectivity index (χ2n) is 12.4. The summed E-state index contributed by atoms with van der Waals surface area (Å²) >= 11 is 6.65. The molecule has 0 saturated carbocycles. The third kappa shape index (κ3) is 7.49. The first kappa shape index (κ1) is 34.2. The third-order valence-corrected chi connectivity index (χ3v) is 11.1. The predicted molar refractivity (Wildman–Crippen MR) is 197 cm³/mol. The van der Waals surface area contributed by atoms with Gasteiger partial charge < -0.3 is 9.67 Å². The Balaban J connectivity index is 1.44. The summed E-state index contributed by atoms with van der Waals surface area (Å²) in [5.41, 5.74) is 8.16. The predicted octanol–water partition coefficient (Wildman–Crippen LogP) is 8.94. The van der Waals surface area contributed by atoms with Crippen molar-refractivity contribution in [1.29, 1.82) is 0 Å².